The second-order valence-electron chi connectivity index (χ2n) is 7.43. The molecule has 0 heterocycles. The van der Waals surface area contributed by atoms with Crippen LogP contribution in [0.3, 0.4) is 0 Å². The molecule has 1 saturated carbocycles. The molecule has 0 amide bonds. The Kier molecular flexibility index (Phi) is 2.92. The highest BCUT2D eigenvalue weighted by atomic mass is 16.5. The standard InChI is InChI=1S/C19H24O2/c1-19-10-9-15-14-6-4-13(21-2)11-12(14)3-5-16(15)17(19)7-8-18(19)20/h3,7-8,11,14-17H,4-6,9-10H2,1-2H3/t14?,15?,16?,17?,19-/m0/s1. The van der Waals surface area contributed by atoms with Gasteiger partial charge in [-0.3, -0.25) is 4.79 Å². The summed E-state index contributed by atoms with van der Waals surface area (Å²) in [5.74, 6) is 4.08. The van der Waals surface area contributed by atoms with Crippen LogP contribution in [-0.4, -0.2) is 12.9 Å². The highest BCUT2D eigenvalue weighted by molar-refractivity contribution is 5.97. The fourth-order valence-corrected chi connectivity index (χ4v) is 5.37. The van der Waals surface area contributed by atoms with Crippen molar-refractivity contribution >= 4 is 5.78 Å². The number of fused-ring (bicyclic) bond motifs is 5. The van der Waals surface area contributed by atoms with Crippen LogP contribution in [0.1, 0.15) is 39.0 Å². The lowest BCUT2D eigenvalue weighted by Crippen LogP contribution is -2.45. The maximum atomic E-state index is 12.2. The van der Waals surface area contributed by atoms with Crippen LogP contribution in [0.25, 0.3) is 0 Å². The van der Waals surface area contributed by atoms with Gasteiger partial charge in [-0.25, -0.2) is 0 Å². The predicted octanol–water partition coefficient (Wildman–Crippen LogP) is 4.04. The number of ether oxygens (including phenoxy) is 1. The van der Waals surface area contributed by atoms with E-state index in [4.69, 9.17) is 4.74 Å². The largest absolute Gasteiger partial charge is 0.501 e. The Morgan fingerprint density at radius 2 is 2.14 bits per heavy atom. The van der Waals surface area contributed by atoms with Crippen molar-refractivity contribution < 1.29 is 9.53 Å². The Labute approximate surface area is 126 Å². The van der Waals surface area contributed by atoms with Gasteiger partial charge >= 0.3 is 0 Å². The van der Waals surface area contributed by atoms with E-state index in [2.05, 4.69) is 25.2 Å². The number of carbonyl (C=O) groups is 1. The maximum Gasteiger partial charge on any atom is 0.161 e. The molecule has 0 N–H and O–H groups in total. The van der Waals surface area contributed by atoms with E-state index in [1.165, 1.54) is 18.4 Å². The summed E-state index contributed by atoms with van der Waals surface area (Å²) in [5, 5.41) is 0. The summed E-state index contributed by atoms with van der Waals surface area (Å²) in [5.41, 5.74) is 1.39. The third-order valence-electron chi connectivity index (χ3n) is 6.62. The van der Waals surface area contributed by atoms with Crippen LogP contribution >= 0.6 is 0 Å². The van der Waals surface area contributed by atoms with Gasteiger partial charge in [0, 0.05) is 11.8 Å². The molecule has 0 aromatic heterocycles. The van der Waals surface area contributed by atoms with E-state index in [0.29, 0.717) is 23.5 Å². The normalized spacial score (nSPS) is 44.4. The van der Waals surface area contributed by atoms with Crippen molar-refractivity contribution in [1.29, 1.82) is 0 Å². The van der Waals surface area contributed by atoms with E-state index in [0.717, 1.165) is 30.9 Å². The minimum Gasteiger partial charge on any atom is -0.501 e. The van der Waals surface area contributed by atoms with E-state index >= 15 is 0 Å². The highest BCUT2D eigenvalue weighted by Gasteiger charge is 2.53. The average molecular weight is 284 g/mol. The van der Waals surface area contributed by atoms with Crippen molar-refractivity contribution in [2.45, 2.75) is 39.0 Å². The Balaban J connectivity index is 1.66. The molecule has 4 aliphatic rings. The molecule has 2 heteroatoms. The molecule has 112 valence electrons. The number of hydrogen-bond donors (Lipinski definition) is 0. The SMILES string of the molecule is COC1=CC2=CCC3C(CC[C@]4(C)C(=O)C=CC34)C2CC1. The Morgan fingerprint density at radius 1 is 1.29 bits per heavy atom. The van der Waals surface area contributed by atoms with Crippen LogP contribution in [0, 0.1) is 29.1 Å². The molecule has 0 spiro atoms. The van der Waals surface area contributed by atoms with Gasteiger partial charge in [-0.2, -0.15) is 0 Å². The zero-order valence-electron chi connectivity index (χ0n) is 13.0. The Morgan fingerprint density at radius 3 is 2.95 bits per heavy atom. The van der Waals surface area contributed by atoms with Crippen molar-refractivity contribution in [2.75, 3.05) is 7.11 Å². The van der Waals surface area contributed by atoms with E-state index in [1.807, 2.05) is 6.08 Å². The minimum absolute atomic E-state index is 0.102. The van der Waals surface area contributed by atoms with E-state index in [1.54, 1.807) is 7.11 Å². The van der Waals surface area contributed by atoms with Gasteiger partial charge in [0.15, 0.2) is 5.78 Å². The number of ketones is 1. The van der Waals surface area contributed by atoms with Gasteiger partial charge in [0.05, 0.1) is 12.9 Å². The monoisotopic (exact) mass is 284 g/mol. The zero-order chi connectivity index (χ0) is 14.6. The lowest BCUT2D eigenvalue weighted by atomic mass is 9.53. The summed E-state index contributed by atoms with van der Waals surface area (Å²) >= 11 is 0. The maximum absolute atomic E-state index is 12.2. The van der Waals surface area contributed by atoms with E-state index < -0.39 is 0 Å². The molecule has 0 bridgehead atoms. The van der Waals surface area contributed by atoms with Gasteiger partial charge in [0.1, 0.15) is 0 Å². The molecule has 0 aromatic rings. The molecule has 0 radical (unpaired) electrons. The third kappa shape index (κ3) is 1.81. The molecule has 2 nitrogen and oxygen atoms in total. The second-order valence-corrected chi connectivity index (χ2v) is 7.43. The summed E-state index contributed by atoms with van der Waals surface area (Å²) < 4.78 is 5.44. The Bertz CT molecular complexity index is 568. The van der Waals surface area contributed by atoms with Gasteiger partial charge < -0.3 is 4.74 Å². The molecule has 4 unspecified atom stereocenters. The molecule has 0 saturated heterocycles. The summed E-state index contributed by atoms with van der Waals surface area (Å²) in [4.78, 5) is 12.2. The second kappa shape index (κ2) is 4.59. The molecule has 1 fully saturated rings. The predicted molar refractivity (Wildman–Crippen MR) is 82.5 cm³/mol. The molecule has 4 rings (SSSR count). The third-order valence-corrected chi connectivity index (χ3v) is 6.62. The van der Waals surface area contributed by atoms with Crippen molar-refractivity contribution in [1.82, 2.24) is 0 Å². The number of rotatable bonds is 1. The van der Waals surface area contributed by atoms with E-state index in [9.17, 15) is 4.79 Å². The van der Waals surface area contributed by atoms with Crippen molar-refractivity contribution in [3.63, 3.8) is 0 Å². The van der Waals surface area contributed by atoms with Gasteiger partial charge in [-0.1, -0.05) is 19.1 Å². The first kappa shape index (κ1) is 13.4. The highest BCUT2D eigenvalue weighted by Crippen LogP contribution is 2.57. The summed E-state index contributed by atoms with van der Waals surface area (Å²) in [7, 11) is 1.78. The van der Waals surface area contributed by atoms with Crippen LogP contribution in [0.15, 0.2) is 35.6 Å². The van der Waals surface area contributed by atoms with Crippen molar-refractivity contribution in [3.8, 4) is 0 Å². The Hall–Kier alpha value is -1.31. The molecule has 5 atom stereocenters. The summed E-state index contributed by atoms with van der Waals surface area (Å²) in [6, 6.07) is 0. The first-order chi connectivity index (χ1) is 10.1. The molecule has 21 heavy (non-hydrogen) atoms. The lowest BCUT2D eigenvalue weighted by Gasteiger charge is -2.50. The molecular formula is C19H24O2. The number of methoxy groups -OCH3 is 1. The van der Waals surface area contributed by atoms with Gasteiger partial charge in [0.2, 0.25) is 0 Å². The fraction of sp³-hybridized carbons (Fsp3) is 0.632. The van der Waals surface area contributed by atoms with Crippen LogP contribution in [0.4, 0.5) is 0 Å². The first-order valence-electron chi connectivity index (χ1n) is 8.31. The fourth-order valence-electron chi connectivity index (χ4n) is 5.37. The topological polar surface area (TPSA) is 26.3 Å². The lowest BCUT2D eigenvalue weighted by molar-refractivity contribution is -0.128. The molecular weight excluding hydrogens is 260 g/mol. The molecule has 0 aliphatic heterocycles. The number of carbonyl (C=O) groups excluding carboxylic acids is 1. The van der Waals surface area contributed by atoms with E-state index in [-0.39, 0.29) is 5.41 Å². The smallest absolute Gasteiger partial charge is 0.161 e. The zero-order valence-corrected chi connectivity index (χ0v) is 13.0. The summed E-state index contributed by atoms with van der Waals surface area (Å²) in [6.07, 6.45) is 14.5. The average Bonchev–Trinajstić information content (AvgIpc) is 2.82. The van der Waals surface area contributed by atoms with Crippen LogP contribution < -0.4 is 0 Å². The first-order valence-corrected chi connectivity index (χ1v) is 8.31. The number of hydrogen-bond acceptors (Lipinski definition) is 2. The quantitative estimate of drug-likeness (QED) is 0.726. The van der Waals surface area contributed by atoms with Gasteiger partial charge in [-0.05, 0) is 67.1 Å². The molecule has 0 aromatic carbocycles. The van der Waals surface area contributed by atoms with Crippen molar-refractivity contribution in [2.24, 2.45) is 29.1 Å². The van der Waals surface area contributed by atoms with Crippen LogP contribution in [-0.2, 0) is 9.53 Å². The number of allylic oxidation sites excluding steroid dienone is 6. The van der Waals surface area contributed by atoms with Gasteiger partial charge in [-0.15, -0.1) is 0 Å². The van der Waals surface area contributed by atoms with Crippen LogP contribution in [0.5, 0.6) is 0 Å². The van der Waals surface area contributed by atoms with Crippen LogP contribution in [0.2, 0.25) is 0 Å². The van der Waals surface area contributed by atoms with Crippen molar-refractivity contribution in [3.05, 3.63) is 35.6 Å². The minimum atomic E-state index is -0.102. The summed E-state index contributed by atoms with van der Waals surface area (Å²) in [6.45, 7) is 2.19. The van der Waals surface area contributed by atoms with Gasteiger partial charge in [0.25, 0.3) is 0 Å². The molecule has 4 aliphatic carbocycles.